The molecule has 0 fully saturated rings. The number of rotatable bonds is 5. The van der Waals surface area contributed by atoms with Gasteiger partial charge in [-0.2, -0.15) is 0 Å². The Hall–Kier alpha value is -2.94. The number of allylic oxidation sites excluding steroid dienone is 3. The SMILES string of the molecule is C/C=C1\C2C=C(C)CC1(/N=C/C=C/c1ccc(CCC)cc1)c1ccc(=O)[nH]c1C2. The van der Waals surface area contributed by atoms with Crippen LogP contribution in [-0.4, -0.2) is 11.2 Å². The van der Waals surface area contributed by atoms with E-state index >= 15 is 0 Å². The molecular formula is C27H30N2O. The molecule has 1 aromatic carbocycles. The van der Waals surface area contributed by atoms with E-state index < -0.39 is 5.54 Å². The number of pyridine rings is 1. The predicted octanol–water partition coefficient (Wildman–Crippen LogP) is 5.78. The lowest BCUT2D eigenvalue weighted by Crippen LogP contribution is -2.40. The lowest BCUT2D eigenvalue weighted by molar-refractivity contribution is 0.413. The van der Waals surface area contributed by atoms with Crippen LogP contribution in [-0.2, 0) is 18.4 Å². The van der Waals surface area contributed by atoms with Crippen LogP contribution in [0.5, 0.6) is 0 Å². The number of aliphatic imine (C=N–C) groups is 1. The topological polar surface area (TPSA) is 45.2 Å². The maximum absolute atomic E-state index is 11.9. The second-order valence-electron chi connectivity index (χ2n) is 8.45. The first-order chi connectivity index (χ1) is 14.6. The molecule has 4 rings (SSSR count). The highest BCUT2D eigenvalue weighted by Gasteiger charge is 2.46. The van der Waals surface area contributed by atoms with Crippen molar-refractivity contribution in [2.24, 2.45) is 10.9 Å². The molecule has 30 heavy (non-hydrogen) atoms. The Morgan fingerprint density at radius 3 is 2.73 bits per heavy atom. The van der Waals surface area contributed by atoms with Crippen molar-refractivity contribution in [3.63, 3.8) is 0 Å². The van der Waals surface area contributed by atoms with Gasteiger partial charge in [-0.15, -0.1) is 0 Å². The smallest absolute Gasteiger partial charge is 0.248 e. The Labute approximate surface area is 179 Å². The summed E-state index contributed by atoms with van der Waals surface area (Å²) < 4.78 is 0. The molecule has 1 N–H and O–H groups in total. The highest BCUT2D eigenvalue weighted by molar-refractivity contribution is 5.79. The van der Waals surface area contributed by atoms with Crippen molar-refractivity contribution < 1.29 is 0 Å². The fraction of sp³-hybridized carbons (Fsp3) is 0.333. The Morgan fingerprint density at radius 1 is 1.20 bits per heavy atom. The van der Waals surface area contributed by atoms with E-state index in [9.17, 15) is 4.79 Å². The zero-order valence-corrected chi connectivity index (χ0v) is 18.1. The molecule has 3 nitrogen and oxygen atoms in total. The second kappa shape index (κ2) is 8.43. The number of benzene rings is 1. The lowest BCUT2D eigenvalue weighted by Gasteiger charge is -2.45. The first kappa shape index (κ1) is 20.3. The van der Waals surface area contributed by atoms with E-state index in [4.69, 9.17) is 4.99 Å². The molecule has 0 amide bonds. The molecule has 3 heteroatoms. The lowest BCUT2D eigenvalue weighted by atomic mass is 9.63. The van der Waals surface area contributed by atoms with Crippen LogP contribution in [0.3, 0.4) is 0 Å². The highest BCUT2D eigenvalue weighted by atomic mass is 16.1. The van der Waals surface area contributed by atoms with E-state index in [0.29, 0.717) is 5.92 Å². The third-order valence-electron chi connectivity index (χ3n) is 6.27. The average molecular weight is 399 g/mol. The van der Waals surface area contributed by atoms with Crippen molar-refractivity contribution in [1.29, 1.82) is 0 Å². The third-order valence-corrected chi connectivity index (χ3v) is 6.27. The van der Waals surface area contributed by atoms with Crippen LogP contribution in [0.25, 0.3) is 6.08 Å². The number of aryl methyl sites for hydroxylation is 1. The summed E-state index contributed by atoms with van der Waals surface area (Å²) in [7, 11) is 0. The second-order valence-corrected chi connectivity index (χ2v) is 8.45. The van der Waals surface area contributed by atoms with Gasteiger partial charge in [-0.1, -0.05) is 61.4 Å². The zero-order chi connectivity index (χ0) is 21.1. The minimum atomic E-state index is -0.425. The summed E-state index contributed by atoms with van der Waals surface area (Å²) >= 11 is 0. The summed E-state index contributed by atoms with van der Waals surface area (Å²) in [4.78, 5) is 20.1. The zero-order valence-electron chi connectivity index (χ0n) is 18.1. The van der Waals surface area contributed by atoms with Gasteiger partial charge in [0, 0.05) is 35.9 Å². The molecule has 154 valence electrons. The molecule has 2 aliphatic carbocycles. The predicted molar refractivity (Wildman–Crippen MR) is 126 cm³/mol. The van der Waals surface area contributed by atoms with Crippen LogP contribution in [0.4, 0.5) is 0 Å². The minimum absolute atomic E-state index is 0.0398. The average Bonchev–Trinajstić information content (AvgIpc) is 2.72. The first-order valence-electron chi connectivity index (χ1n) is 10.9. The van der Waals surface area contributed by atoms with Gasteiger partial charge in [0.05, 0.1) is 0 Å². The van der Waals surface area contributed by atoms with Crippen LogP contribution in [0.15, 0.2) is 75.6 Å². The van der Waals surface area contributed by atoms with Crippen molar-refractivity contribution in [2.45, 2.75) is 52.0 Å². The van der Waals surface area contributed by atoms with Gasteiger partial charge in [-0.05, 0) is 55.5 Å². The fourth-order valence-corrected chi connectivity index (χ4v) is 5.06. The summed E-state index contributed by atoms with van der Waals surface area (Å²) in [6.45, 7) is 6.49. The minimum Gasteiger partial charge on any atom is -0.326 e. The van der Waals surface area contributed by atoms with Crippen molar-refractivity contribution >= 4 is 12.3 Å². The number of hydrogen-bond acceptors (Lipinski definition) is 2. The van der Waals surface area contributed by atoms with Crippen LogP contribution >= 0.6 is 0 Å². The van der Waals surface area contributed by atoms with Crippen LogP contribution in [0, 0.1) is 5.92 Å². The third kappa shape index (κ3) is 3.77. The van der Waals surface area contributed by atoms with E-state index in [1.165, 1.54) is 28.7 Å². The van der Waals surface area contributed by atoms with Crippen molar-refractivity contribution in [2.75, 3.05) is 0 Å². The molecule has 1 aromatic heterocycles. The molecule has 1 heterocycles. The Morgan fingerprint density at radius 2 is 2.00 bits per heavy atom. The Bertz CT molecular complexity index is 1100. The molecule has 0 saturated carbocycles. The Balaban J connectivity index is 1.68. The van der Waals surface area contributed by atoms with Gasteiger partial charge in [0.25, 0.3) is 0 Å². The summed E-state index contributed by atoms with van der Waals surface area (Å²) in [6, 6.07) is 12.3. The molecule has 2 aliphatic rings. The normalized spacial score (nSPS) is 24.4. The van der Waals surface area contributed by atoms with Gasteiger partial charge >= 0.3 is 0 Å². The quantitative estimate of drug-likeness (QED) is 0.504. The van der Waals surface area contributed by atoms with Gasteiger partial charge in [0.2, 0.25) is 5.56 Å². The van der Waals surface area contributed by atoms with Crippen molar-refractivity contribution in [3.05, 3.63) is 98.5 Å². The molecule has 0 spiro atoms. The number of nitrogens with one attached hydrogen (secondary N) is 1. The van der Waals surface area contributed by atoms with E-state index in [1.54, 1.807) is 6.07 Å². The molecule has 2 bridgehead atoms. The standard InChI is InChI=1S/C27H30N2O/c1-4-7-20-9-11-21(12-10-20)8-6-15-28-27-18-19(3)16-22(23(27)5-2)17-25-24(27)13-14-26(30)29-25/h5-6,8-16,22H,4,7,17-18H2,1-3H3,(H,29,30)/b8-6+,23-5+,28-15+. The first-order valence-corrected chi connectivity index (χ1v) is 10.9. The van der Waals surface area contributed by atoms with E-state index in [2.05, 4.69) is 68.2 Å². The van der Waals surface area contributed by atoms with Gasteiger partial charge in [0.15, 0.2) is 0 Å². The Kier molecular flexibility index (Phi) is 5.72. The maximum Gasteiger partial charge on any atom is 0.248 e. The number of H-pyrrole nitrogens is 1. The van der Waals surface area contributed by atoms with E-state index in [1.807, 2.05) is 18.4 Å². The molecule has 2 unspecified atom stereocenters. The summed E-state index contributed by atoms with van der Waals surface area (Å²) in [5.41, 5.74) is 6.94. The molecular weight excluding hydrogens is 368 g/mol. The summed E-state index contributed by atoms with van der Waals surface area (Å²) in [6.07, 6.45) is 14.6. The van der Waals surface area contributed by atoms with Crippen LogP contribution < -0.4 is 5.56 Å². The largest absolute Gasteiger partial charge is 0.326 e. The summed E-state index contributed by atoms with van der Waals surface area (Å²) in [5.74, 6) is 0.293. The van der Waals surface area contributed by atoms with Gasteiger partial charge in [-0.3, -0.25) is 9.79 Å². The van der Waals surface area contributed by atoms with E-state index in [-0.39, 0.29) is 5.56 Å². The number of nitrogens with zero attached hydrogens (tertiary/aromatic N) is 1. The highest BCUT2D eigenvalue weighted by Crippen LogP contribution is 2.51. The van der Waals surface area contributed by atoms with E-state index in [0.717, 1.165) is 30.5 Å². The van der Waals surface area contributed by atoms with Crippen LogP contribution in [0.2, 0.25) is 0 Å². The maximum atomic E-state index is 11.9. The molecule has 0 radical (unpaired) electrons. The number of fused-ring (bicyclic) bond motifs is 4. The monoisotopic (exact) mass is 398 g/mol. The number of hydrogen-bond donors (Lipinski definition) is 1. The van der Waals surface area contributed by atoms with Gasteiger partial charge in [0.1, 0.15) is 5.54 Å². The van der Waals surface area contributed by atoms with Gasteiger partial charge in [-0.25, -0.2) is 0 Å². The van der Waals surface area contributed by atoms with Crippen LogP contribution in [0.1, 0.15) is 56.0 Å². The van der Waals surface area contributed by atoms with Crippen molar-refractivity contribution in [1.82, 2.24) is 4.98 Å². The summed E-state index contributed by atoms with van der Waals surface area (Å²) in [5, 5.41) is 0. The fourth-order valence-electron chi connectivity index (χ4n) is 5.06. The molecule has 2 atom stereocenters. The number of aromatic amines is 1. The molecule has 2 aromatic rings. The van der Waals surface area contributed by atoms with Gasteiger partial charge < -0.3 is 4.98 Å². The molecule has 0 saturated heterocycles. The van der Waals surface area contributed by atoms with Crippen molar-refractivity contribution in [3.8, 4) is 0 Å². The number of aromatic nitrogens is 1. The molecule has 0 aliphatic heterocycles.